The van der Waals surface area contributed by atoms with Crippen LogP contribution in [-0.2, 0) is 9.59 Å². The summed E-state index contributed by atoms with van der Waals surface area (Å²) >= 11 is 0. The van der Waals surface area contributed by atoms with Crippen LogP contribution in [0.25, 0.3) is 0 Å². The van der Waals surface area contributed by atoms with E-state index in [0.717, 1.165) is 31.1 Å². The Labute approximate surface area is 146 Å². The minimum Gasteiger partial charge on any atom is -0.300 e. The minimum absolute atomic E-state index is 0.207. The second kappa shape index (κ2) is 5.29. The molecule has 2 heteroatoms. The van der Waals surface area contributed by atoms with E-state index >= 15 is 0 Å². The molecule has 0 radical (unpaired) electrons. The number of carbonyl (C=O) groups excluding carboxylic acids is 2. The molecule has 0 aromatic heterocycles. The van der Waals surface area contributed by atoms with Gasteiger partial charge in [0.15, 0.2) is 0 Å². The molecule has 0 bridgehead atoms. The summed E-state index contributed by atoms with van der Waals surface area (Å²) < 4.78 is 0. The lowest BCUT2D eigenvalue weighted by molar-refractivity contribution is -0.130. The van der Waals surface area contributed by atoms with Crippen LogP contribution in [0.4, 0.5) is 0 Å². The molecule has 3 fully saturated rings. The lowest BCUT2D eigenvalue weighted by Gasteiger charge is -2.57. The molecular formula is C22H32O2. The molecule has 0 aromatic carbocycles. The smallest absolute Gasteiger partial charge is 0.136 e. The average Bonchev–Trinajstić information content (AvgIpc) is 2.78. The van der Waals surface area contributed by atoms with E-state index in [-0.39, 0.29) is 16.7 Å². The van der Waals surface area contributed by atoms with Crippen LogP contribution in [0.2, 0.25) is 0 Å². The lowest BCUT2D eigenvalue weighted by atomic mass is 9.47. The van der Waals surface area contributed by atoms with Crippen molar-refractivity contribution in [3.05, 3.63) is 11.6 Å². The van der Waals surface area contributed by atoms with Crippen molar-refractivity contribution in [2.75, 3.05) is 0 Å². The first-order chi connectivity index (χ1) is 11.3. The zero-order valence-electron chi connectivity index (χ0n) is 15.7. The number of ketones is 2. The first-order valence-corrected chi connectivity index (χ1v) is 9.99. The molecule has 0 heterocycles. The summed E-state index contributed by atoms with van der Waals surface area (Å²) in [6.07, 6.45) is 9.75. The molecule has 7 atom stereocenters. The largest absolute Gasteiger partial charge is 0.300 e. The van der Waals surface area contributed by atoms with Crippen LogP contribution in [0, 0.1) is 40.4 Å². The highest BCUT2D eigenvalue weighted by Crippen LogP contribution is 2.67. The topological polar surface area (TPSA) is 34.1 Å². The predicted molar refractivity (Wildman–Crippen MR) is 95.4 cm³/mol. The number of hydrogen-bond acceptors (Lipinski definition) is 2. The molecule has 0 spiro atoms. The fourth-order valence-electron chi connectivity index (χ4n) is 7.71. The van der Waals surface area contributed by atoms with Gasteiger partial charge in [0.1, 0.15) is 11.6 Å². The Morgan fingerprint density at radius 1 is 1.21 bits per heavy atom. The summed E-state index contributed by atoms with van der Waals surface area (Å²) in [5, 5.41) is 0. The van der Waals surface area contributed by atoms with Gasteiger partial charge in [-0.05, 0) is 73.5 Å². The van der Waals surface area contributed by atoms with Gasteiger partial charge in [-0.25, -0.2) is 0 Å². The van der Waals surface area contributed by atoms with E-state index in [1.165, 1.54) is 24.8 Å². The van der Waals surface area contributed by atoms with Crippen molar-refractivity contribution in [2.24, 2.45) is 40.4 Å². The molecule has 3 saturated carbocycles. The van der Waals surface area contributed by atoms with Gasteiger partial charge in [-0.15, -0.1) is 0 Å². The van der Waals surface area contributed by atoms with E-state index in [0.29, 0.717) is 29.8 Å². The normalized spacial score (nSPS) is 50.6. The molecule has 4 rings (SSSR count). The molecule has 0 amide bonds. The fourth-order valence-corrected chi connectivity index (χ4v) is 7.71. The van der Waals surface area contributed by atoms with E-state index in [2.05, 4.69) is 26.8 Å². The number of carbonyl (C=O) groups is 2. The fraction of sp³-hybridized carbons (Fsp3) is 0.818. The van der Waals surface area contributed by atoms with Crippen LogP contribution in [0.1, 0.15) is 72.6 Å². The highest BCUT2D eigenvalue weighted by Gasteiger charge is 2.61. The average molecular weight is 328 g/mol. The molecule has 0 saturated heterocycles. The molecule has 132 valence electrons. The van der Waals surface area contributed by atoms with Gasteiger partial charge in [0, 0.05) is 18.8 Å². The molecule has 0 N–H and O–H groups in total. The standard InChI is InChI=1S/C22H32O2/c1-13-11-19-17-6-5-15-12-16(24)7-9-21(15,3)18(17)8-10-22(19,4)20(13)14(2)23/h5,13,17-20H,6-12H2,1-4H3/t13-,17?,18?,19?,20?,21?,22?/m1/s1. The third kappa shape index (κ3) is 2.07. The first-order valence-electron chi connectivity index (χ1n) is 9.99. The maximum atomic E-state index is 12.4. The number of allylic oxidation sites excluding steroid dienone is 2. The van der Waals surface area contributed by atoms with E-state index in [9.17, 15) is 9.59 Å². The maximum absolute atomic E-state index is 12.4. The van der Waals surface area contributed by atoms with Crippen LogP contribution in [-0.4, -0.2) is 11.6 Å². The van der Waals surface area contributed by atoms with Gasteiger partial charge in [0.25, 0.3) is 0 Å². The number of rotatable bonds is 1. The third-order valence-corrected chi connectivity index (χ3v) is 8.72. The molecule has 0 aliphatic heterocycles. The first kappa shape index (κ1) is 16.5. The number of fused-ring (bicyclic) bond motifs is 5. The molecular weight excluding hydrogens is 296 g/mol. The molecule has 4 aliphatic carbocycles. The van der Waals surface area contributed by atoms with Crippen molar-refractivity contribution < 1.29 is 9.59 Å². The van der Waals surface area contributed by atoms with Gasteiger partial charge < -0.3 is 0 Å². The SMILES string of the molecule is CC(=O)C1[C@H](C)CC2C3CC=C4CC(=O)CCC4(C)C3CCC21C. The van der Waals surface area contributed by atoms with Crippen LogP contribution in [0.3, 0.4) is 0 Å². The minimum atomic E-state index is 0.207. The van der Waals surface area contributed by atoms with Crippen molar-refractivity contribution in [1.29, 1.82) is 0 Å². The Bertz CT molecular complexity index is 617. The zero-order valence-corrected chi connectivity index (χ0v) is 15.7. The Balaban J connectivity index is 1.70. The van der Waals surface area contributed by atoms with E-state index in [1.54, 1.807) is 0 Å². The van der Waals surface area contributed by atoms with Crippen LogP contribution < -0.4 is 0 Å². The summed E-state index contributed by atoms with van der Waals surface area (Å²) in [5.41, 5.74) is 1.90. The summed E-state index contributed by atoms with van der Waals surface area (Å²) in [5.74, 6) is 3.76. The van der Waals surface area contributed by atoms with Gasteiger partial charge in [-0.1, -0.05) is 32.4 Å². The number of Topliss-reactive ketones (excluding diaryl/α,β-unsaturated/α-hetero) is 2. The monoisotopic (exact) mass is 328 g/mol. The van der Waals surface area contributed by atoms with Crippen molar-refractivity contribution in [1.82, 2.24) is 0 Å². The van der Waals surface area contributed by atoms with Crippen molar-refractivity contribution in [2.45, 2.75) is 72.6 Å². The predicted octanol–water partition coefficient (Wildman–Crippen LogP) is 4.97. The van der Waals surface area contributed by atoms with Crippen molar-refractivity contribution in [3.63, 3.8) is 0 Å². The van der Waals surface area contributed by atoms with Crippen molar-refractivity contribution in [3.8, 4) is 0 Å². The number of hydrogen-bond donors (Lipinski definition) is 0. The summed E-state index contributed by atoms with van der Waals surface area (Å²) in [4.78, 5) is 24.3. The van der Waals surface area contributed by atoms with Crippen LogP contribution in [0.15, 0.2) is 11.6 Å². The molecule has 0 aromatic rings. The van der Waals surface area contributed by atoms with Gasteiger partial charge in [-0.3, -0.25) is 9.59 Å². The molecule has 6 unspecified atom stereocenters. The van der Waals surface area contributed by atoms with E-state index in [1.807, 2.05) is 6.92 Å². The third-order valence-electron chi connectivity index (χ3n) is 8.72. The van der Waals surface area contributed by atoms with E-state index in [4.69, 9.17) is 0 Å². The Kier molecular flexibility index (Phi) is 3.64. The second-order valence-electron chi connectivity index (χ2n) is 9.82. The summed E-state index contributed by atoms with van der Waals surface area (Å²) in [6, 6.07) is 0. The quantitative estimate of drug-likeness (QED) is 0.637. The lowest BCUT2D eigenvalue weighted by Crippen LogP contribution is -2.50. The van der Waals surface area contributed by atoms with Gasteiger partial charge in [-0.2, -0.15) is 0 Å². The Morgan fingerprint density at radius 2 is 1.96 bits per heavy atom. The van der Waals surface area contributed by atoms with E-state index < -0.39 is 0 Å². The van der Waals surface area contributed by atoms with Crippen LogP contribution in [0.5, 0.6) is 0 Å². The molecule has 24 heavy (non-hydrogen) atoms. The van der Waals surface area contributed by atoms with Crippen LogP contribution >= 0.6 is 0 Å². The second-order valence-corrected chi connectivity index (χ2v) is 9.82. The van der Waals surface area contributed by atoms with Gasteiger partial charge >= 0.3 is 0 Å². The highest BCUT2D eigenvalue weighted by atomic mass is 16.1. The molecule has 2 nitrogen and oxygen atoms in total. The van der Waals surface area contributed by atoms with Gasteiger partial charge in [0.2, 0.25) is 0 Å². The summed E-state index contributed by atoms with van der Waals surface area (Å²) in [6.45, 7) is 8.96. The Hall–Kier alpha value is -0.920. The van der Waals surface area contributed by atoms with Gasteiger partial charge in [0.05, 0.1) is 0 Å². The zero-order chi connectivity index (χ0) is 17.3. The molecule has 4 aliphatic rings. The Morgan fingerprint density at radius 3 is 2.67 bits per heavy atom. The highest BCUT2D eigenvalue weighted by molar-refractivity contribution is 5.82. The van der Waals surface area contributed by atoms with Crippen molar-refractivity contribution >= 4 is 11.6 Å². The maximum Gasteiger partial charge on any atom is 0.136 e. The summed E-state index contributed by atoms with van der Waals surface area (Å²) in [7, 11) is 0.